The molecule has 1 heterocycles. The van der Waals surface area contributed by atoms with Crippen LogP contribution >= 0.6 is 0 Å². The first-order valence-corrected chi connectivity index (χ1v) is 7.84. The Bertz CT molecular complexity index is 699. The molecule has 2 rings (SSSR count). The van der Waals surface area contributed by atoms with E-state index in [1.54, 1.807) is 12.1 Å². The highest BCUT2D eigenvalue weighted by molar-refractivity contribution is 6.05. The molecule has 1 aromatic heterocycles. The summed E-state index contributed by atoms with van der Waals surface area (Å²) >= 11 is 0. The topological polar surface area (TPSA) is 94.3 Å². The smallest absolute Gasteiger partial charge is 0.280 e. The van der Waals surface area contributed by atoms with Crippen molar-refractivity contribution >= 4 is 11.8 Å². The van der Waals surface area contributed by atoms with Gasteiger partial charge >= 0.3 is 0 Å². The lowest BCUT2D eigenvalue weighted by molar-refractivity contribution is -0.118. The molecule has 0 saturated carbocycles. The maximum absolute atomic E-state index is 12.0. The molecule has 0 fully saturated rings. The van der Waals surface area contributed by atoms with Gasteiger partial charge in [0.25, 0.3) is 5.91 Å². The van der Waals surface area contributed by atoms with E-state index in [0.717, 1.165) is 18.4 Å². The number of imide groups is 1. The zero-order valence-electron chi connectivity index (χ0n) is 13.6. The first-order valence-electron chi connectivity index (χ1n) is 7.84. The van der Waals surface area contributed by atoms with E-state index < -0.39 is 11.8 Å². The maximum atomic E-state index is 12.0. The van der Waals surface area contributed by atoms with Gasteiger partial charge in [-0.3, -0.25) is 14.9 Å². The summed E-state index contributed by atoms with van der Waals surface area (Å²) in [6, 6.07) is 11.4. The summed E-state index contributed by atoms with van der Waals surface area (Å²) in [5.41, 5.74) is 7.52. The van der Waals surface area contributed by atoms with E-state index in [9.17, 15) is 9.59 Å². The number of nitrogens with zero attached hydrogens (tertiary/aromatic N) is 1. The summed E-state index contributed by atoms with van der Waals surface area (Å²) in [5.74, 6) is -0.875. The fourth-order valence-electron chi connectivity index (χ4n) is 2.17. The number of carbonyl (C=O) groups excluding carboxylic acids is 2. The fraction of sp³-hybridized carbons (Fsp3) is 0.278. The predicted octanol–water partition coefficient (Wildman–Crippen LogP) is 1.83. The number of nitrogens with two attached hydrogens (primary N) is 1. The highest BCUT2D eigenvalue weighted by Crippen LogP contribution is 2.17. The van der Waals surface area contributed by atoms with Crippen LogP contribution in [-0.2, 0) is 17.8 Å². The molecule has 24 heavy (non-hydrogen) atoms. The van der Waals surface area contributed by atoms with Gasteiger partial charge in [-0.15, -0.1) is 0 Å². The lowest BCUT2D eigenvalue weighted by Crippen LogP contribution is -2.36. The Hall–Kier alpha value is -2.73. The number of ether oxygens (including phenoxy) is 1. The third-order valence-electron chi connectivity index (χ3n) is 3.38. The van der Waals surface area contributed by atoms with Gasteiger partial charge in [-0.25, -0.2) is 4.98 Å². The second-order valence-electron chi connectivity index (χ2n) is 5.29. The highest BCUT2D eigenvalue weighted by atomic mass is 16.5. The van der Waals surface area contributed by atoms with Crippen molar-refractivity contribution < 1.29 is 14.3 Å². The minimum Gasteiger partial charge on any atom is -0.486 e. The average molecular weight is 327 g/mol. The number of carbonyl (C=O) groups is 2. The van der Waals surface area contributed by atoms with Crippen LogP contribution in [0.4, 0.5) is 0 Å². The molecular formula is C18H21N3O3. The quantitative estimate of drug-likeness (QED) is 0.809. The van der Waals surface area contributed by atoms with Crippen molar-refractivity contribution in [1.29, 1.82) is 0 Å². The van der Waals surface area contributed by atoms with Crippen LogP contribution in [-0.4, -0.2) is 23.3 Å². The number of hydrogen-bond donors (Lipinski definition) is 2. The van der Waals surface area contributed by atoms with E-state index in [1.165, 1.54) is 11.8 Å². The summed E-state index contributed by atoms with van der Waals surface area (Å²) in [5, 5.41) is 2.16. The molecule has 0 aliphatic heterocycles. The second-order valence-corrected chi connectivity index (χ2v) is 5.29. The van der Waals surface area contributed by atoms with Crippen LogP contribution in [0, 0.1) is 0 Å². The van der Waals surface area contributed by atoms with E-state index in [0.29, 0.717) is 12.4 Å². The molecular weight excluding hydrogens is 306 g/mol. The Morgan fingerprint density at radius 1 is 1.17 bits per heavy atom. The molecule has 0 saturated heterocycles. The standard InChI is InChI=1S/C18H21N3O3/c1-2-4-13-6-8-14(9-7-13)12-24-15-5-3-10-20-17(15)18(23)21-16(22)11-19/h3,5-10H,2,4,11-12,19H2,1H3,(H,21,22,23). The third kappa shape index (κ3) is 4.89. The number of aryl methyl sites for hydroxylation is 1. The highest BCUT2D eigenvalue weighted by Gasteiger charge is 2.16. The Morgan fingerprint density at radius 2 is 1.88 bits per heavy atom. The number of nitrogens with one attached hydrogen (secondary N) is 1. The van der Waals surface area contributed by atoms with Crippen LogP contribution < -0.4 is 15.8 Å². The minimum absolute atomic E-state index is 0.0573. The molecule has 6 nitrogen and oxygen atoms in total. The van der Waals surface area contributed by atoms with Crippen LogP contribution in [0.3, 0.4) is 0 Å². The zero-order valence-corrected chi connectivity index (χ0v) is 13.6. The second kappa shape index (κ2) is 8.79. The number of aromatic nitrogens is 1. The lowest BCUT2D eigenvalue weighted by Gasteiger charge is -2.10. The van der Waals surface area contributed by atoms with Crippen molar-refractivity contribution in [2.24, 2.45) is 5.73 Å². The molecule has 2 aromatic rings. The van der Waals surface area contributed by atoms with Gasteiger partial charge < -0.3 is 10.5 Å². The number of amides is 2. The van der Waals surface area contributed by atoms with Crippen molar-refractivity contribution in [3.63, 3.8) is 0 Å². The Kier molecular flexibility index (Phi) is 6.45. The van der Waals surface area contributed by atoms with E-state index in [-0.39, 0.29) is 12.2 Å². The Balaban J connectivity index is 2.04. The fourth-order valence-corrected chi connectivity index (χ4v) is 2.17. The third-order valence-corrected chi connectivity index (χ3v) is 3.38. The summed E-state index contributed by atoms with van der Waals surface area (Å²) in [6.07, 6.45) is 3.61. The van der Waals surface area contributed by atoms with Crippen LogP contribution in [0.25, 0.3) is 0 Å². The van der Waals surface area contributed by atoms with Crippen molar-refractivity contribution in [3.05, 3.63) is 59.4 Å². The number of rotatable bonds is 7. The van der Waals surface area contributed by atoms with Gasteiger partial charge in [0.1, 0.15) is 6.61 Å². The molecule has 126 valence electrons. The molecule has 0 radical (unpaired) electrons. The molecule has 0 aliphatic carbocycles. The zero-order chi connectivity index (χ0) is 17.4. The van der Waals surface area contributed by atoms with Gasteiger partial charge in [-0.05, 0) is 29.7 Å². The maximum Gasteiger partial charge on any atom is 0.280 e. The minimum atomic E-state index is -0.626. The van der Waals surface area contributed by atoms with Gasteiger partial charge in [0.15, 0.2) is 11.4 Å². The number of pyridine rings is 1. The average Bonchev–Trinajstić information content (AvgIpc) is 2.61. The van der Waals surface area contributed by atoms with Crippen molar-refractivity contribution in [2.45, 2.75) is 26.4 Å². The molecule has 3 N–H and O–H groups in total. The van der Waals surface area contributed by atoms with Crippen molar-refractivity contribution in [3.8, 4) is 5.75 Å². The van der Waals surface area contributed by atoms with Crippen molar-refractivity contribution in [1.82, 2.24) is 10.3 Å². The van der Waals surface area contributed by atoms with Gasteiger partial charge in [-0.1, -0.05) is 37.6 Å². The summed E-state index contributed by atoms with van der Waals surface area (Å²) < 4.78 is 5.69. The molecule has 6 heteroatoms. The molecule has 0 spiro atoms. The van der Waals surface area contributed by atoms with Crippen LogP contribution in [0.2, 0.25) is 0 Å². The summed E-state index contributed by atoms with van der Waals surface area (Å²) in [6.45, 7) is 2.18. The van der Waals surface area contributed by atoms with Crippen LogP contribution in [0.1, 0.15) is 35.0 Å². The largest absolute Gasteiger partial charge is 0.486 e. The SMILES string of the molecule is CCCc1ccc(COc2cccnc2C(=O)NC(=O)CN)cc1. The molecule has 0 bridgehead atoms. The van der Waals surface area contributed by atoms with E-state index >= 15 is 0 Å². The summed E-state index contributed by atoms with van der Waals surface area (Å²) in [4.78, 5) is 27.3. The molecule has 0 atom stereocenters. The molecule has 1 aromatic carbocycles. The van der Waals surface area contributed by atoms with Gasteiger partial charge in [0.2, 0.25) is 5.91 Å². The van der Waals surface area contributed by atoms with E-state index in [2.05, 4.69) is 29.4 Å². The first-order chi connectivity index (χ1) is 11.6. The van der Waals surface area contributed by atoms with Gasteiger partial charge in [0, 0.05) is 6.20 Å². The summed E-state index contributed by atoms with van der Waals surface area (Å²) in [7, 11) is 0. The lowest BCUT2D eigenvalue weighted by atomic mass is 10.1. The normalized spacial score (nSPS) is 10.2. The number of benzene rings is 1. The molecule has 0 unspecified atom stereocenters. The van der Waals surface area contributed by atoms with Crippen LogP contribution in [0.5, 0.6) is 5.75 Å². The van der Waals surface area contributed by atoms with E-state index in [4.69, 9.17) is 10.5 Å². The molecule has 0 aliphatic rings. The van der Waals surface area contributed by atoms with Gasteiger partial charge in [-0.2, -0.15) is 0 Å². The Labute approximate surface area is 141 Å². The van der Waals surface area contributed by atoms with E-state index in [1.807, 2.05) is 12.1 Å². The molecule has 2 amide bonds. The number of hydrogen-bond acceptors (Lipinski definition) is 5. The monoisotopic (exact) mass is 327 g/mol. The first kappa shape index (κ1) is 17.6. The van der Waals surface area contributed by atoms with Gasteiger partial charge in [0.05, 0.1) is 6.54 Å². The predicted molar refractivity (Wildman–Crippen MR) is 90.5 cm³/mol. The van der Waals surface area contributed by atoms with Crippen LogP contribution in [0.15, 0.2) is 42.6 Å². The van der Waals surface area contributed by atoms with Crippen molar-refractivity contribution in [2.75, 3.05) is 6.54 Å². The Morgan fingerprint density at radius 3 is 2.54 bits per heavy atom.